The highest BCUT2D eigenvalue weighted by Gasteiger charge is 2.50. The molecule has 0 aromatic carbocycles. The van der Waals surface area contributed by atoms with Gasteiger partial charge in [-0.3, -0.25) is 9.69 Å². The Balaban J connectivity index is 1.67. The minimum absolute atomic E-state index is 0.00106. The molecule has 3 unspecified atom stereocenters. The van der Waals surface area contributed by atoms with Crippen molar-refractivity contribution in [1.29, 1.82) is 0 Å². The Kier molecular flexibility index (Phi) is 3.75. The van der Waals surface area contributed by atoms with E-state index in [2.05, 4.69) is 25.7 Å². The summed E-state index contributed by atoms with van der Waals surface area (Å²) in [7, 11) is 0. The number of rotatable bonds is 3. The lowest BCUT2D eigenvalue weighted by atomic mass is 9.65. The van der Waals surface area contributed by atoms with E-state index in [0.717, 1.165) is 19.4 Å². The molecule has 3 fully saturated rings. The van der Waals surface area contributed by atoms with E-state index in [1.165, 1.54) is 12.8 Å². The van der Waals surface area contributed by atoms with Gasteiger partial charge in [0, 0.05) is 19.1 Å². The number of carboxylic acid groups (broad SMARTS) is 1. The third-order valence-electron chi connectivity index (χ3n) is 5.72. The van der Waals surface area contributed by atoms with Crippen LogP contribution >= 0.6 is 0 Å². The van der Waals surface area contributed by atoms with E-state index in [9.17, 15) is 14.7 Å². The van der Waals surface area contributed by atoms with Crippen LogP contribution in [-0.2, 0) is 9.59 Å². The molecule has 1 N–H and O–H groups in total. The van der Waals surface area contributed by atoms with Gasteiger partial charge >= 0.3 is 5.97 Å². The number of nitrogens with zero attached hydrogens (tertiary/aromatic N) is 2. The fourth-order valence-corrected chi connectivity index (χ4v) is 5.35. The third kappa shape index (κ3) is 2.87. The van der Waals surface area contributed by atoms with Crippen LogP contribution in [-0.4, -0.2) is 58.5 Å². The SMILES string of the molecule is CC1(C)CC2CC(C)(CN2CC(=O)N2CCCC2C(=O)O)C1. The van der Waals surface area contributed by atoms with Crippen LogP contribution in [0.3, 0.4) is 0 Å². The molecule has 2 saturated heterocycles. The van der Waals surface area contributed by atoms with Gasteiger partial charge in [-0.1, -0.05) is 20.8 Å². The van der Waals surface area contributed by atoms with E-state index < -0.39 is 12.0 Å². The summed E-state index contributed by atoms with van der Waals surface area (Å²) in [5.74, 6) is -0.863. The molecule has 3 aliphatic rings. The fourth-order valence-electron chi connectivity index (χ4n) is 5.35. The van der Waals surface area contributed by atoms with Gasteiger partial charge in [-0.05, 0) is 42.9 Å². The van der Waals surface area contributed by atoms with Crippen molar-refractivity contribution in [3.05, 3.63) is 0 Å². The molecule has 5 nitrogen and oxygen atoms in total. The summed E-state index contributed by atoms with van der Waals surface area (Å²) in [6.07, 6.45) is 4.92. The second-order valence-corrected chi connectivity index (χ2v) is 8.70. The van der Waals surface area contributed by atoms with Crippen LogP contribution in [0.4, 0.5) is 0 Å². The second-order valence-electron chi connectivity index (χ2n) is 8.70. The zero-order chi connectivity index (χ0) is 16.1. The molecule has 0 radical (unpaired) electrons. The Morgan fingerprint density at radius 2 is 1.95 bits per heavy atom. The summed E-state index contributed by atoms with van der Waals surface area (Å²) in [6, 6.07) is -0.134. The predicted octanol–water partition coefficient (Wildman–Crippen LogP) is 1.96. The maximum absolute atomic E-state index is 12.6. The molecule has 2 heterocycles. The Hall–Kier alpha value is -1.10. The zero-order valence-electron chi connectivity index (χ0n) is 14.0. The van der Waals surface area contributed by atoms with E-state index in [1.54, 1.807) is 4.90 Å². The monoisotopic (exact) mass is 308 g/mol. The Labute approximate surface area is 132 Å². The number of carbonyl (C=O) groups excluding carboxylic acids is 1. The molecule has 124 valence electrons. The molecule has 2 bridgehead atoms. The highest BCUT2D eigenvalue weighted by atomic mass is 16.4. The van der Waals surface area contributed by atoms with Crippen LogP contribution in [0.2, 0.25) is 0 Å². The molecule has 22 heavy (non-hydrogen) atoms. The molecule has 0 aromatic rings. The zero-order valence-corrected chi connectivity index (χ0v) is 14.0. The first kappa shape index (κ1) is 15.8. The number of amides is 1. The molecule has 1 amide bonds. The second kappa shape index (κ2) is 5.22. The maximum atomic E-state index is 12.6. The summed E-state index contributed by atoms with van der Waals surface area (Å²) in [4.78, 5) is 27.8. The van der Waals surface area contributed by atoms with Gasteiger partial charge in [0.15, 0.2) is 0 Å². The normalized spacial score (nSPS) is 37.5. The van der Waals surface area contributed by atoms with Gasteiger partial charge in [0.2, 0.25) is 5.91 Å². The molecule has 1 aliphatic carbocycles. The first-order valence-corrected chi connectivity index (χ1v) is 8.46. The van der Waals surface area contributed by atoms with E-state index in [0.29, 0.717) is 36.4 Å². The predicted molar refractivity (Wildman–Crippen MR) is 83.5 cm³/mol. The summed E-state index contributed by atoms with van der Waals surface area (Å²) >= 11 is 0. The van der Waals surface area contributed by atoms with Crippen molar-refractivity contribution in [1.82, 2.24) is 9.80 Å². The standard InChI is InChI=1S/C17H28N2O3/c1-16(2)7-12-8-17(3,10-16)11-18(12)9-14(20)19-6-4-5-13(19)15(21)22/h12-13H,4-11H2,1-3H3,(H,21,22). The largest absolute Gasteiger partial charge is 0.480 e. The number of aliphatic carboxylic acids is 1. The highest BCUT2D eigenvalue weighted by molar-refractivity contribution is 5.85. The van der Waals surface area contributed by atoms with Gasteiger partial charge in [-0.2, -0.15) is 0 Å². The van der Waals surface area contributed by atoms with Gasteiger partial charge in [0.1, 0.15) is 6.04 Å². The summed E-state index contributed by atoms with van der Waals surface area (Å²) in [5.41, 5.74) is 0.649. The summed E-state index contributed by atoms with van der Waals surface area (Å²) in [6.45, 7) is 8.93. The van der Waals surface area contributed by atoms with Crippen molar-refractivity contribution in [2.45, 2.75) is 65.0 Å². The van der Waals surface area contributed by atoms with Crippen LogP contribution in [0.15, 0.2) is 0 Å². The topological polar surface area (TPSA) is 60.9 Å². The van der Waals surface area contributed by atoms with Crippen LogP contribution < -0.4 is 0 Å². The van der Waals surface area contributed by atoms with Crippen LogP contribution in [0, 0.1) is 10.8 Å². The third-order valence-corrected chi connectivity index (χ3v) is 5.72. The number of likely N-dealkylation sites (tertiary alicyclic amines) is 2. The fraction of sp³-hybridized carbons (Fsp3) is 0.882. The minimum atomic E-state index is -0.862. The number of fused-ring (bicyclic) bond motifs is 2. The molecular weight excluding hydrogens is 280 g/mol. The molecule has 0 spiro atoms. The lowest BCUT2D eigenvalue weighted by Gasteiger charge is -2.40. The maximum Gasteiger partial charge on any atom is 0.326 e. The number of hydrogen-bond donors (Lipinski definition) is 1. The number of carboxylic acids is 1. The quantitative estimate of drug-likeness (QED) is 0.866. The number of carbonyl (C=O) groups is 2. The molecule has 3 atom stereocenters. The summed E-state index contributed by atoms with van der Waals surface area (Å²) in [5, 5.41) is 9.25. The molecule has 2 aliphatic heterocycles. The molecule has 5 heteroatoms. The Morgan fingerprint density at radius 1 is 1.23 bits per heavy atom. The molecule has 3 rings (SSSR count). The number of hydrogen-bond acceptors (Lipinski definition) is 3. The van der Waals surface area contributed by atoms with E-state index in [1.807, 2.05) is 0 Å². The van der Waals surface area contributed by atoms with Gasteiger partial charge in [-0.25, -0.2) is 4.79 Å². The average Bonchev–Trinajstić information content (AvgIpc) is 2.91. The lowest BCUT2D eigenvalue weighted by molar-refractivity contribution is -0.148. The highest BCUT2D eigenvalue weighted by Crippen LogP contribution is 2.52. The lowest BCUT2D eigenvalue weighted by Crippen LogP contribution is -2.46. The van der Waals surface area contributed by atoms with Crippen molar-refractivity contribution < 1.29 is 14.7 Å². The van der Waals surface area contributed by atoms with Crippen LogP contribution in [0.5, 0.6) is 0 Å². The van der Waals surface area contributed by atoms with E-state index in [-0.39, 0.29) is 5.91 Å². The minimum Gasteiger partial charge on any atom is -0.480 e. The Bertz CT molecular complexity index is 490. The average molecular weight is 308 g/mol. The van der Waals surface area contributed by atoms with Crippen LogP contribution in [0.1, 0.15) is 52.9 Å². The first-order chi connectivity index (χ1) is 10.2. The molecule has 1 saturated carbocycles. The van der Waals surface area contributed by atoms with Gasteiger partial charge in [-0.15, -0.1) is 0 Å². The Morgan fingerprint density at radius 3 is 2.64 bits per heavy atom. The molecule has 0 aromatic heterocycles. The van der Waals surface area contributed by atoms with Crippen LogP contribution in [0.25, 0.3) is 0 Å². The van der Waals surface area contributed by atoms with Gasteiger partial charge < -0.3 is 10.0 Å². The molecular formula is C17H28N2O3. The van der Waals surface area contributed by atoms with E-state index >= 15 is 0 Å². The van der Waals surface area contributed by atoms with Gasteiger partial charge in [0.25, 0.3) is 0 Å². The van der Waals surface area contributed by atoms with Crippen molar-refractivity contribution in [3.8, 4) is 0 Å². The van der Waals surface area contributed by atoms with E-state index in [4.69, 9.17) is 0 Å². The summed E-state index contributed by atoms with van der Waals surface area (Å²) < 4.78 is 0. The van der Waals surface area contributed by atoms with Crippen molar-refractivity contribution in [2.75, 3.05) is 19.6 Å². The smallest absolute Gasteiger partial charge is 0.326 e. The van der Waals surface area contributed by atoms with Gasteiger partial charge in [0.05, 0.1) is 6.54 Å². The van der Waals surface area contributed by atoms with Crippen molar-refractivity contribution >= 4 is 11.9 Å². The van der Waals surface area contributed by atoms with Crippen molar-refractivity contribution in [3.63, 3.8) is 0 Å². The van der Waals surface area contributed by atoms with Crippen molar-refractivity contribution in [2.24, 2.45) is 10.8 Å². The first-order valence-electron chi connectivity index (χ1n) is 8.46.